The van der Waals surface area contributed by atoms with Crippen molar-refractivity contribution in [3.63, 3.8) is 0 Å². The molecule has 1 aliphatic rings. The lowest BCUT2D eigenvalue weighted by atomic mass is 10.2. The molecule has 0 aromatic rings. The summed E-state index contributed by atoms with van der Waals surface area (Å²) in [7, 11) is -3.06. The summed E-state index contributed by atoms with van der Waals surface area (Å²) >= 11 is 0. The Kier molecular flexibility index (Phi) is 5.34. The molecule has 110 valence electrons. The van der Waals surface area contributed by atoms with Crippen molar-refractivity contribution >= 4 is 21.7 Å². The van der Waals surface area contributed by atoms with Gasteiger partial charge in [-0.2, -0.15) is 0 Å². The standard InChI is InChI=1S/C12H22N2O4S/c1-4-9(3)13-11(15)12(16)14(5-2)10-6-7-19(17,18)8-10/h9-10H,4-8H2,1-3H3,(H,13,15). The van der Waals surface area contributed by atoms with Crippen LogP contribution >= 0.6 is 0 Å². The first kappa shape index (κ1) is 15.9. The van der Waals surface area contributed by atoms with Crippen LogP contribution in [-0.4, -0.2) is 55.3 Å². The first-order valence-corrected chi connectivity index (χ1v) is 8.44. The Bertz CT molecular complexity index is 447. The van der Waals surface area contributed by atoms with E-state index in [-0.39, 0.29) is 23.6 Å². The minimum Gasteiger partial charge on any atom is -0.345 e. The van der Waals surface area contributed by atoms with Gasteiger partial charge in [-0.15, -0.1) is 0 Å². The number of likely N-dealkylation sites (N-methyl/N-ethyl adjacent to an activating group) is 1. The van der Waals surface area contributed by atoms with Crippen molar-refractivity contribution in [1.29, 1.82) is 0 Å². The quantitative estimate of drug-likeness (QED) is 0.735. The van der Waals surface area contributed by atoms with E-state index in [0.29, 0.717) is 13.0 Å². The summed E-state index contributed by atoms with van der Waals surface area (Å²) in [4.78, 5) is 25.2. The van der Waals surface area contributed by atoms with Crippen molar-refractivity contribution < 1.29 is 18.0 Å². The Morgan fingerprint density at radius 3 is 2.42 bits per heavy atom. The molecule has 7 heteroatoms. The van der Waals surface area contributed by atoms with Crippen LogP contribution in [0.5, 0.6) is 0 Å². The molecule has 1 saturated heterocycles. The molecule has 2 atom stereocenters. The fraction of sp³-hybridized carbons (Fsp3) is 0.833. The average molecular weight is 290 g/mol. The van der Waals surface area contributed by atoms with Crippen LogP contribution in [0.3, 0.4) is 0 Å². The first-order chi connectivity index (χ1) is 8.80. The van der Waals surface area contributed by atoms with Crippen molar-refractivity contribution in [2.75, 3.05) is 18.1 Å². The largest absolute Gasteiger partial charge is 0.345 e. The molecule has 0 aromatic carbocycles. The van der Waals surface area contributed by atoms with Crippen LogP contribution in [0.25, 0.3) is 0 Å². The normalized spacial score (nSPS) is 22.8. The molecule has 0 aromatic heterocycles. The van der Waals surface area contributed by atoms with Gasteiger partial charge in [-0.25, -0.2) is 8.42 Å². The smallest absolute Gasteiger partial charge is 0.312 e. The van der Waals surface area contributed by atoms with Gasteiger partial charge in [0.05, 0.1) is 11.5 Å². The van der Waals surface area contributed by atoms with E-state index in [1.165, 1.54) is 4.90 Å². The number of carbonyl (C=O) groups excluding carboxylic acids is 2. The number of sulfone groups is 1. The lowest BCUT2D eigenvalue weighted by molar-refractivity contribution is -0.147. The van der Waals surface area contributed by atoms with Crippen LogP contribution in [0, 0.1) is 0 Å². The second-order valence-electron chi connectivity index (χ2n) is 4.93. The number of nitrogens with zero attached hydrogens (tertiary/aromatic N) is 1. The Morgan fingerprint density at radius 1 is 1.37 bits per heavy atom. The minimum absolute atomic E-state index is 0.0385. The second kappa shape index (κ2) is 6.36. The van der Waals surface area contributed by atoms with E-state index in [1.54, 1.807) is 6.92 Å². The highest BCUT2D eigenvalue weighted by molar-refractivity contribution is 7.91. The maximum Gasteiger partial charge on any atom is 0.312 e. The van der Waals surface area contributed by atoms with E-state index < -0.39 is 21.7 Å². The molecule has 0 bridgehead atoms. The third-order valence-electron chi connectivity index (χ3n) is 3.43. The average Bonchev–Trinajstić information content (AvgIpc) is 2.70. The van der Waals surface area contributed by atoms with E-state index in [0.717, 1.165) is 6.42 Å². The van der Waals surface area contributed by atoms with Gasteiger partial charge in [-0.1, -0.05) is 6.92 Å². The monoisotopic (exact) mass is 290 g/mol. The highest BCUT2D eigenvalue weighted by Gasteiger charge is 2.36. The van der Waals surface area contributed by atoms with Gasteiger partial charge in [0.25, 0.3) is 0 Å². The fourth-order valence-corrected chi connectivity index (χ4v) is 3.84. The number of hydrogen-bond donors (Lipinski definition) is 1. The Balaban J connectivity index is 2.70. The highest BCUT2D eigenvalue weighted by Crippen LogP contribution is 2.17. The van der Waals surface area contributed by atoms with E-state index >= 15 is 0 Å². The molecular formula is C12H22N2O4S. The van der Waals surface area contributed by atoms with Crippen LogP contribution in [-0.2, 0) is 19.4 Å². The predicted molar refractivity (Wildman–Crippen MR) is 72.3 cm³/mol. The molecule has 19 heavy (non-hydrogen) atoms. The molecule has 2 unspecified atom stereocenters. The predicted octanol–water partition coefficient (Wildman–Crippen LogP) is -0.0633. The first-order valence-electron chi connectivity index (χ1n) is 6.62. The summed E-state index contributed by atoms with van der Waals surface area (Å²) in [6, 6.07) is -0.437. The topological polar surface area (TPSA) is 83.6 Å². The molecule has 1 N–H and O–H groups in total. The summed E-state index contributed by atoms with van der Waals surface area (Å²) in [6.45, 7) is 5.82. The SMILES string of the molecule is CCC(C)NC(=O)C(=O)N(CC)C1CCS(=O)(=O)C1. The second-order valence-corrected chi connectivity index (χ2v) is 7.16. The Morgan fingerprint density at radius 2 is 2.00 bits per heavy atom. The lowest BCUT2D eigenvalue weighted by Crippen LogP contribution is -2.49. The van der Waals surface area contributed by atoms with Crippen molar-refractivity contribution in [3.05, 3.63) is 0 Å². The van der Waals surface area contributed by atoms with Crippen LogP contribution in [0.4, 0.5) is 0 Å². The van der Waals surface area contributed by atoms with Gasteiger partial charge in [0, 0.05) is 18.6 Å². The van der Waals surface area contributed by atoms with E-state index in [2.05, 4.69) is 5.32 Å². The van der Waals surface area contributed by atoms with E-state index in [1.807, 2.05) is 13.8 Å². The Hall–Kier alpha value is -1.11. The third kappa shape index (κ3) is 4.19. The van der Waals surface area contributed by atoms with Gasteiger partial charge in [0.15, 0.2) is 9.84 Å². The molecule has 2 amide bonds. The molecule has 0 radical (unpaired) electrons. The molecule has 0 saturated carbocycles. The zero-order valence-electron chi connectivity index (χ0n) is 11.7. The maximum absolute atomic E-state index is 12.0. The zero-order valence-corrected chi connectivity index (χ0v) is 12.5. The highest BCUT2D eigenvalue weighted by atomic mass is 32.2. The molecule has 0 spiro atoms. The number of rotatable bonds is 4. The molecule has 1 rings (SSSR count). The van der Waals surface area contributed by atoms with E-state index in [4.69, 9.17) is 0 Å². The molecule has 6 nitrogen and oxygen atoms in total. The van der Waals surface area contributed by atoms with Crippen LogP contribution in [0.15, 0.2) is 0 Å². The molecule has 1 heterocycles. The number of carbonyl (C=O) groups is 2. The maximum atomic E-state index is 12.0. The summed E-state index contributed by atoms with van der Waals surface area (Å²) in [5.74, 6) is -1.23. The van der Waals surface area contributed by atoms with Gasteiger partial charge in [0.1, 0.15) is 0 Å². The van der Waals surface area contributed by atoms with E-state index in [9.17, 15) is 18.0 Å². The fourth-order valence-electron chi connectivity index (χ4n) is 2.11. The van der Waals surface area contributed by atoms with Crippen molar-refractivity contribution in [1.82, 2.24) is 10.2 Å². The molecule has 1 fully saturated rings. The van der Waals surface area contributed by atoms with Crippen molar-refractivity contribution in [2.24, 2.45) is 0 Å². The van der Waals surface area contributed by atoms with Gasteiger partial charge >= 0.3 is 11.8 Å². The summed E-state index contributed by atoms with van der Waals surface area (Å²) < 4.78 is 22.9. The van der Waals surface area contributed by atoms with Crippen molar-refractivity contribution in [2.45, 2.75) is 45.7 Å². The molecular weight excluding hydrogens is 268 g/mol. The summed E-state index contributed by atoms with van der Waals surface area (Å²) in [5.41, 5.74) is 0. The van der Waals surface area contributed by atoms with Crippen LogP contribution in [0.1, 0.15) is 33.6 Å². The van der Waals surface area contributed by atoms with Gasteiger partial charge < -0.3 is 10.2 Å². The zero-order chi connectivity index (χ0) is 14.6. The van der Waals surface area contributed by atoms with Crippen LogP contribution < -0.4 is 5.32 Å². The lowest BCUT2D eigenvalue weighted by Gasteiger charge is -2.26. The minimum atomic E-state index is -3.06. The Labute approximate surface area is 114 Å². The summed E-state index contributed by atoms with van der Waals surface area (Å²) in [5, 5.41) is 2.61. The van der Waals surface area contributed by atoms with Gasteiger partial charge in [-0.05, 0) is 26.7 Å². The van der Waals surface area contributed by atoms with Gasteiger partial charge in [0.2, 0.25) is 0 Å². The number of nitrogens with one attached hydrogen (secondary N) is 1. The van der Waals surface area contributed by atoms with Crippen LogP contribution in [0.2, 0.25) is 0 Å². The van der Waals surface area contributed by atoms with Crippen molar-refractivity contribution in [3.8, 4) is 0 Å². The molecule has 1 aliphatic heterocycles. The van der Waals surface area contributed by atoms with Gasteiger partial charge in [-0.3, -0.25) is 9.59 Å². The molecule has 0 aliphatic carbocycles. The number of hydrogen-bond acceptors (Lipinski definition) is 4. The summed E-state index contributed by atoms with van der Waals surface area (Å²) in [6.07, 6.45) is 1.15. The number of amides is 2. The third-order valence-corrected chi connectivity index (χ3v) is 5.19.